The van der Waals surface area contributed by atoms with Crippen molar-refractivity contribution >= 4 is 42.9 Å². The monoisotopic (exact) mass is 984 g/mol. The molecule has 3 aromatic rings. The number of rotatable bonds is 16. The molecule has 2 bridgehead atoms. The average Bonchev–Trinajstić information content (AvgIpc) is 3.66. The third-order valence-corrected chi connectivity index (χ3v) is 13.7. The van der Waals surface area contributed by atoms with Crippen LogP contribution < -0.4 is 25.4 Å². The van der Waals surface area contributed by atoms with Gasteiger partial charge in [0.25, 0.3) is 0 Å². The van der Waals surface area contributed by atoms with Gasteiger partial charge >= 0.3 is 37.0 Å². The lowest BCUT2D eigenvalue weighted by Crippen LogP contribution is -2.65. The van der Waals surface area contributed by atoms with Crippen LogP contribution in [0, 0.1) is 23.1 Å². The number of hydrogen-bond acceptors (Lipinski definition) is 13. The van der Waals surface area contributed by atoms with E-state index in [0.29, 0.717) is 16.4 Å². The number of benzene rings is 2. The van der Waals surface area contributed by atoms with Gasteiger partial charge in [0.2, 0.25) is 5.91 Å². The second kappa shape index (κ2) is 20.8. The van der Waals surface area contributed by atoms with Gasteiger partial charge in [-0.3, -0.25) is 24.3 Å². The minimum absolute atomic E-state index is 0.0218. The molecule has 3 N–H and O–H groups in total. The standard InChI is InChI=1S/C51H66BFN6O12/c1-48(2,3)68-45(63)34-19-14-18-31(41(34)66-10)24-38(52-70-37-26-32-25-36(50(32,7)8)51(37,9)71-52)56-42(60)40(39-35(53)27-33(28-55-39)67-29-30-16-12-11-13-17-30)57-46(64)59-23-22-58(43(61)44(59)62)21-15-20-54-47(65)69-49(4,5)6/h11-14,16-19,27-28,32,36-38,40H,15,20-26,29H2,1-10H3,(H,54,65)(H,56,60)(H,57,64)/t32-,36-,37+,38-,40?,51-/m0/s1. The number of para-hydroxylation sites is 1. The third kappa shape index (κ3) is 11.9. The van der Waals surface area contributed by atoms with Crippen LogP contribution in [-0.2, 0) is 46.2 Å². The molecule has 6 amide bonds. The number of imide groups is 1. The van der Waals surface area contributed by atoms with Gasteiger partial charge in [-0.15, -0.1) is 0 Å². The summed E-state index contributed by atoms with van der Waals surface area (Å²) in [6.45, 7) is 16.9. The highest BCUT2D eigenvalue weighted by atomic mass is 19.1. The summed E-state index contributed by atoms with van der Waals surface area (Å²) in [6.07, 6.45) is 2.19. The molecule has 0 spiro atoms. The zero-order chi connectivity index (χ0) is 51.6. The summed E-state index contributed by atoms with van der Waals surface area (Å²) in [5, 5.41) is 8.06. The maximum atomic E-state index is 16.5. The molecule has 1 unspecified atom stereocenters. The summed E-state index contributed by atoms with van der Waals surface area (Å²) >= 11 is 0. The summed E-state index contributed by atoms with van der Waals surface area (Å²) < 4.78 is 52.6. The Morgan fingerprint density at radius 2 is 1.65 bits per heavy atom. The van der Waals surface area contributed by atoms with Crippen molar-refractivity contribution in [1.29, 1.82) is 0 Å². The molecule has 2 saturated heterocycles. The third-order valence-electron chi connectivity index (χ3n) is 13.7. The van der Waals surface area contributed by atoms with Crippen LogP contribution in [0.3, 0.4) is 0 Å². The Labute approximate surface area is 414 Å². The van der Waals surface area contributed by atoms with Crippen LogP contribution in [0.15, 0.2) is 60.8 Å². The zero-order valence-electron chi connectivity index (χ0n) is 42.2. The smallest absolute Gasteiger partial charge is 0.482 e. The van der Waals surface area contributed by atoms with Crippen LogP contribution in [0.2, 0.25) is 0 Å². The molecule has 5 fully saturated rings. The largest absolute Gasteiger partial charge is 0.496 e. The number of nitrogens with one attached hydrogen (secondary N) is 3. The van der Waals surface area contributed by atoms with Gasteiger partial charge in [-0.25, -0.2) is 18.8 Å². The van der Waals surface area contributed by atoms with Crippen molar-refractivity contribution in [3.8, 4) is 11.5 Å². The van der Waals surface area contributed by atoms with Crippen molar-refractivity contribution in [2.75, 3.05) is 33.3 Å². The molecule has 382 valence electrons. The number of hydrogen-bond donors (Lipinski definition) is 3. The Kier molecular flexibility index (Phi) is 15.4. The molecule has 20 heteroatoms. The molecule has 5 aliphatic rings. The van der Waals surface area contributed by atoms with Crippen molar-refractivity contribution in [1.82, 2.24) is 30.7 Å². The van der Waals surface area contributed by atoms with Crippen LogP contribution in [0.25, 0.3) is 0 Å². The van der Waals surface area contributed by atoms with Crippen LogP contribution in [0.4, 0.5) is 14.0 Å². The summed E-state index contributed by atoms with van der Waals surface area (Å²) in [6, 6.07) is 12.1. The lowest BCUT2D eigenvalue weighted by molar-refractivity contribution is -0.199. The van der Waals surface area contributed by atoms with Crippen LogP contribution in [0.1, 0.15) is 115 Å². The molecule has 8 rings (SSSR count). The Morgan fingerprint density at radius 3 is 2.31 bits per heavy atom. The number of halogens is 1. The number of methoxy groups -OCH3 is 1. The van der Waals surface area contributed by atoms with E-state index in [9.17, 15) is 28.8 Å². The fourth-order valence-electron chi connectivity index (χ4n) is 10.0. The Hall–Kier alpha value is -6.28. The average molecular weight is 985 g/mol. The normalized spacial score (nSPS) is 22.4. The molecule has 2 aromatic carbocycles. The van der Waals surface area contributed by atoms with Crippen molar-refractivity contribution in [3.05, 3.63) is 89.0 Å². The Balaban J connectivity index is 1.16. The molecule has 2 aliphatic heterocycles. The van der Waals surface area contributed by atoms with E-state index >= 15 is 4.39 Å². The van der Waals surface area contributed by atoms with Crippen molar-refractivity contribution < 1.29 is 61.4 Å². The van der Waals surface area contributed by atoms with Gasteiger partial charge in [0.15, 0.2) is 11.9 Å². The molecule has 71 heavy (non-hydrogen) atoms. The first kappa shape index (κ1) is 52.5. The predicted octanol–water partition coefficient (Wildman–Crippen LogP) is 6.09. The lowest BCUT2D eigenvalue weighted by atomic mass is 9.43. The van der Waals surface area contributed by atoms with Gasteiger partial charge in [0, 0.05) is 32.2 Å². The van der Waals surface area contributed by atoms with E-state index in [-0.39, 0.29) is 80.1 Å². The molecule has 0 radical (unpaired) electrons. The number of nitrogens with zero attached hydrogens (tertiary/aromatic N) is 3. The van der Waals surface area contributed by atoms with Gasteiger partial charge in [-0.2, -0.15) is 0 Å². The van der Waals surface area contributed by atoms with E-state index in [1.165, 1.54) is 18.2 Å². The SMILES string of the molecule is COc1c(C[C@H](NC(=O)C(NC(=O)N2CCN(CCCNC(=O)OC(C)(C)C)C(=O)C2=O)c2ncc(OCc3ccccc3)cc2F)B2O[C@@H]3C[C@@H]4C[C@@H](C4(C)C)[C@]3(C)O2)cccc1C(=O)OC(C)(C)C. The van der Waals surface area contributed by atoms with E-state index in [1.807, 2.05) is 37.3 Å². The number of alkyl carbamates (subject to hydrolysis) is 1. The van der Waals surface area contributed by atoms with Crippen molar-refractivity contribution in [2.24, 2.45) is 17.3 Å². The molecule has 3 saturated carbocycles. The Bertz CT molecular complexity index is 2500. The highest BCUT2D eigenvalue weighted by Gasteiger charge is 2.68. The van der Waals surface area contributed by atoms with E-state index in [2.05, 4.69) is 34.8 Å². The van der Waals surface area contributed by atoms with Gasteiger partial charge in [0.05, 0.1) is 31.0 Å². The molecule has 1 aromatic heterocycles. The second-order valence-corrected chi connectivity index (χ2v) is 21.4. The number of pyridine rings is 1. The molecular formula is C51H66BFN6O12. The quantitative estimate of drug-likeness (QED) is 0.0642. The van der Waals surface area contributed by atoms with E-state index in [1.54, 1.807) is 59.7 Å². The highest BCUT2D eigenvalue weighted by molar-refractivity contribution is 6.48. The first-order valence-corrected chi connectivity index (χ1v) is 24.1. The lowest BCUT2D eigenvalue weighted by Gasteiger charge is -2.64. The first-order valence-electron chi connectivity index (χ1n) is 24.1. The minimum atomic E-state index is -1.89. The van der Waals surface area contributed by atoms with Gasteiger partial charge in [-0.1, -0.05) is 56.3 Å². The molecular weight excluding hydrogens is 918 g/mol. The van der Waals surface area contributed by atoms with E-state index < -0.39 is 83.2 Å². The number of aromatic nitrogens is 1. The number of esters is 1. The van der Waals surface area contributed by atoms with Crippen LogP contribution in [0.5, 0.6) is 11.5 Å². The fourth-order valence-corrected chi connectivity index (χ4v) is 10.0. The summed E-state index contributed by atoms with van der Waals surface area (Å²) in [7, 11) is 0.338. The first-order chi connectivity index (χ1) is 33.4. The molecule has 6 atom stereocenters. The maximum absolute atomic E-state index is 16.5. The van der Waals surface area contributed by atoms with Gasteiger partial charge in [0.1, 0.15) is 40.6 Å². The number of urea groups is 1. The second-order valence-electron chi connectivity index (χ2n) is 21.4. The number of piperazine rings is 1. The molecule has 3 aliphatic carbocycles. The number of amides is 6. The van der Waals surface area contributed by atoms with Crippen LogP contribution >= 0.6 is 0 Å². The highest BCUT2D eigenvalue weighted by Crippen LogP contribution is 2.65. The van der Waals surface area contributed by atoms with Crippen molar-refractivity contribution in [2.45, 2.75) is 129 Å². The van der Waals surface area contributed by atoms with Crippen LogP contribution in [-0.4, -0.2) is 120 Å². The van der Waals surface area contributed by atoms with Crippen molar-refractivity contribution in [3.63, 3.8) is 0 Å². The Morgan fingerprint density at radius 1 is 0.930 bits per heavy atom. The zero-order valence-corrected chi connectivity index (χ0v) is 42.2. The molecule has 18 nitrogen and oxygen atoms in total. The van der Waals surface area contributed by atoms with Gasteiger partial charge < -0.3 is 49.1 Å². The fraction of sp³-hybridized carbons (Fsp3) is 0.549. The maximum Gasteiger partial charge on any atom is 0.482 e. The van der Waals surface area contributed by atoms with Gasteiger partial charge in [-0.05, 0) is 109 Å². The summed E-state index contributed by atoms with van der Waals surface area (Å²) in [5.41, 5.74) is -1.36. The number of carbonyl (C=O) groups excluding carboxylic acids is 6. The minimum Gasteiger partial charge on any atom is -0.496 e. The topological polar surface area (TPSA) is 213 Å². The van der Waals surface area contributed by atoms with E-state index in [4.69, 9.17) is 28.3 Å². The number of ether oxygens (including phenoxy) is 4. The molecule has 3 heterocycles. The predicted molar refractivity (Wildman–Crippen MR) is 257 cm³/mol. The van der Waals surface area contributed by atoms with E-state index in [0.717, 1.165) is 24.5 Å². The number of carbonyl (C=O) groups is 6. The summed E-state index contributed by atoms with van der Waals surface area (Å²) in [5.74, 6) is -5.04. The summed E-state index contributed by atoms with van der Waals surface area (Å²) in [4.78, 5) is 87.8.